The Hall–Kier alpha value is -2.10. The Balaban J connectivity index is 1.83. The Labute approximate surface area is 130 Å². The van der Waals surface area contributed by atoms with Gasteiger partial charge in [-0.15, -0.1) is 0 Å². The molecule has 0 spiro atoms. The van der Waals surface area contributed by atoms with Gasteiger partial charge in [-0.05, 0) is 68.9 Å². The lowest BCUT2D eigenvalue weighted by atomic mass is 9.86. The molecule has 0 aliphatic heterocycles. The number of nitrogens with zero attached hydrogens (tertiary/aromatic N) is 1. The van der Waals surface area contributed by atoms with Crippen LogP contribution in [0.15, 0.2) is 24.4 Å². The molecule has 2 aromatic rings. The average Bonchev–Trinajstić information content (AvgIpc) is 2.53. The number of hydrogen-bond acceptors (Lipinski definition) is 3. The third-order valence-corrected chi connectivity index (χ3v) is 4.84. The minimum absolute atomic E-state index is 0.170. The number of anilines is 1. The van der Waals surface area contributed by atoms with Crippen molar-refractivity contribution in [3.63, 3.8) is 0 Å². The first-order chi connectivity index (χ1) is 10.6. The molecule has 4 heteroatoms. The highest BCUT2D eigenvalue weighted by Gasteiger charge is 2.26. The van der Waals surface area contributed by atoms with E-state index in [1.54, 1.807) is 0 Å². The van der Waals surface area contributed by atoms with Gasteiger partial charge in [0.05, 0.1) is 11.4 Å². The molecule has 1 aromatic heterocycles. The van der Waals surface area contributed by atoms with Gasteiger partial charge in [0.1, 0.15) is 0 Å². The SMILES string of the molecule is Cc1cc(NC2CCC(C(=O)O)CC2)c2cccnc2c1C. The molecule has 1 saturated carbocycles. The van der Waals surface area contributed by atoms with Crippen LogP contribution in [-0.2, 0) is 4.79 Å². The maximum atomic E-state index is 11.0. The third-order valence-electron chi connectivity index (χ3n) is 4.84. The Bertz CT molecular complexity index is 704. The average molecular weight is 298 g/mol. The summed E-state index contributed by atoms with van der Waals surface area (Å²) in [4.78, 5) is 15.6. The summed E-state index contributed by atoms with van der Waals surface area (Å²) in [7, 11) is 0. The number of carboxylic acids is 1. The molecule has 0 atom stereocenters. The molecule has 0 bridgehead atoms. The van der Waals surface area contributed by atoms with Gasteiger partial charge >= 0.3 is 5.97 Å². The molecule has 1 aromatic carbocycles. The van der Waals surface area contributed by atoms with E-state index in [2.05, 4.69) is 36.3 Å². The Kier molecular flexibility index (Phi) is 4.01. The number of aliphatic carboxylic acids is 1. The van der Waals surface area contributed by atoms with E-state index < -0.39 is 5.97 Å². The lowest BCUT2D eigenvalue weighted by Gasteiger charge is -2.28. The van der Waals surface area contributed by atoms with Crippen LogP contribution in [0.3, 0.4) is 0 Å². The van der Waals surface area contributed by atoms with Crippen molar-refractivity contribution in [1.82, 2.24) is 4.98 Å². The second-order valence-corrected chi connectivity index (χ2v) is 6.30. The van der Waals surface area contributed by atoms with Gasteiger partial charge in [0.25, 0.3) is 0 Å². The lowest BCUT2D eigenvalue weighted by Crippen LogP contribution is -2.29. The standard InChI is InChI=1S/C18H22N2O2/c1-11-10-16(15-4-3-9-19-17(15)12(11)2)20-14-7-5-13(6-8-14)18(21)22/h3-4,9-10,13-14,20H,5-8H2,1-2H3,(H,21,22). The number of pyridine rings is 1. The zero-order valence-electron chi connectivity index (χ0n) is 13.1. The minimum Gasteiger partial charge on any atom is -0.481 e. The first-order valence-electron chi connectivity index (χ1n) is 7.90. The molecule has 0 radical (unpaired) electrons. The maximum Gasteiger partial charge on any atom is 0.306 e. The quantitative estimate of drug-likeness (QED) is 0.902. The maximum absolute atomic E-state index is 11.0. The monoisotopic (exact) mass is 298 g/mol. The first kappa shape index (κ1) is 14.8. The number of nitrogens with one attached hydrogen (secondary N) is 1. The van der Waals surface area contributed by atoms with Crippen molar-refractivity contribution in [3.05, 3.63) is 35.5 Å². The number of fused-ring (bicyclic) bond motifs is 1. The zero-order chi connectivity index (χ0) is 15.7. The lowest BCUT2D eigenvalue weighted by molar-refractivity contribution is -0.142. The highest BCUT2D eigenvalue weighted by molar-refractivity contribution is 5.94. The van der Waals surface area contributed by atoms with Crippen molar-refractivity contribution >= 4 is 22.6 Å². The largest absolute Gasteiger partial charge is 0.481 e. The second-order valence-electron chi connectivity index (χ2n) is 6.30. The molecule has 0 amide bonds. The summed E-state index contributed by atoms with van der Waals surface area (Å²) in [6.45, 7) is 4.21. The number of rotatable bonds is 3. The molecule has 4 nitrogen and oxygen atoms in total. The van der Waals surface area contributed by atoms with E-state index in [0.717, 1.165) is 42.3 Å². The van der Waals surface area contributed by atoms with E-state index in [1.807, 2.05) is 12.3 Å². The molecule has 2 N–H and O–H groups in total. The zero-order valence-corrected chi connectivity index (χ0v) is 13.1. The fourth-order valence-corrected chi connectivity index (χ4v) is 3.33. The predicted molar refractivity (Wildman–Crippen MR) is 88.2 cm³/mol. The molecule has 22 heavy (non-hydrogen) atoms. The van der Waals surface area contributed by atoms with Crippen molar-refractivity contribution < 1.29 is 9.90 Å². The molecular formula is C18H22N2O2. The van der Waals surface area contributed by atoms with Crippen LogP contribution in [0.4, 0.5) is 5.69 Å². The van der Waals surface area contributed by atoms with Crippen molar-refractivity contribution in [2.24, 2.45) is 5.92 Å². The third kappa shape index (κ3) is 2.78. The van der Waals surface area contributed by atoms with E-state index >= 15 is 0 Å². The molecular weight excluding hydrogens is 276 g/mol. The molecule has 0 saturated heterocycles. The Morgan fingerprint density at radius 3 is 2.68 bits per heavy atom. The van der Waals surface area contributed by atoms with Crippen LogP contribution >= 0.6 is 0 Å². The van der Waals surface area contributed by atoms with Gasteiger partial charge in [-0.3, -0.25) is 9.78 Å². The van der Waals surface area contributed by atoms with Gasteiger partial charge in [-0.25, -0.2) is 0 Å². The van der Waals surface area contributed by atoms with E-state index in [9.17, 15) is 4.79 Å². The highest BCUT2D eigenvalue weighted by Crippen LogP contribution is 2.31. The molecule has 1 aliphatic carbocycles. The summed E-state index contributed by atoms with van der Waals surface area (Å²) in [5.74, 6) is -0.824. The summed E-state index contributed by atoms with van der Waals surface area (Å²) >= 11 is 0. The molecule has 116 valence electrons. The van der Waals surface area contributed by atoms with Crippen molar-refractivity contribution in [2.45, 2.75) is 45.6 Å². The van der Waals surface area contributed by atoms with Gasteiger partial charge in [0.2, 0.25) is 0 Å². The van der Waals surface area contributed by atoms with E-state index in [4.69, 9.17) is 5.11 Å². The fourth-order valence-electron chi connectivity index (χ4n) is 3.33. The van der Waals surface area contributed by atoms with Gasteiger partial charge in [0.15, 0.2) is 0 Å². The molecule has 1 aliphatic rings. The second kappa shape index (κ2) is 5.95. The number of aryl methyl sites for hydroxylation is 2. The van der Waals surface area contributed by atoms with Crippen LogP contribution in [0, 0.1) is 19.8 Å². The Morgan fingerprint density at radius 2 is 2.00 bits per heavy atom. The van der Waals surface area contributed by atoms with Gasteiger partial charge in [-0.2, -0.15) is 0 Å². The first-order valence-corrected chi connectivity index (χ1v) is 7.90. The molecule has 0 unspecified atom stereocenters. The van der Waals surface area contributed by atoms with Gasteiger partial charge in [0, 0.05) is 23.3 Å². The number of carboxylic acid groups (broad SMARTS) is 1. The van der Waals surface area contributed by atoms with Gasteiger partial charge < -0.3 is 10.4 Å². The van der Waals surface area contributed by atoms with E-state index in [0.29, 0.717) is 6.04 Å². The normalized spacial score (nSPS) is 21.7. The molecule has 3 rings (SSSR count). The van der Waals surface area contributed by atoms with Crippen LogP contribution in [0.1, 0.15) is 36.8 Å². The summed E-state index contributed by atoms with van der Waals surface area (Å²) in [6.07, 6.45) is 5.16. The fraction of sp³-hybridized carbons (Fsp3) is 0.444. The number of carbonyl (C=O) groups is 1. The van der Waals surface area contributed by atoms with E-state index in [1.165, 1.54) is 11.1 Å². The van der Waals surface area contributed by atoms with Crippen molar-refractivity contribution in [2.75, 3.05) is 5.32 Å². The van der Waals surface area contributed by atoms with Crippen LogP contribution in [0.2, 0.25) is 0 Å². The summed E-state index contributed by atoms with van der Waals surface area (Å²) < 4.78 is 0. The molecule has 1 heterocycles. The number of aromatic nitrogens is 1. The molecule has 1 fully saturated rings. The van der Waals surface area contributed by atoms with Crippen LogP contribution in [0.25, 0.3) is 10.9 Å². The minimum atomic E-state index is -0.653. The topological polar surface area (TPSA) is 62.2 Å². The number of hydrogen-bond donors (Lipinski definition) is 2. The smallest absolute Gasteiger partial charge is 0.306 e. The van der Waals surface area contributed by atoms with Crippen LogP contribution in [-0.4, -0.2) is 22.1 Å². The predicted octanol–water partition coefficient (Wildman–Crippen LogP) is 3.91. The van der Waals surface area contributed by atoms with Gasteiger partial charge in [-0.1, -0.05) is 0 Å². The number of benzene rings is 1. The van der Waals surface area contributed by atoms with Crippen LogP contribution < -0.4 is 5.32 Å². The summed E-state index contributed by atoms with van der Waals surface area (Å²) in [6, 6.07) is 6.59. The van der Waals surface area contributed by atoms with Crippen molar-refractivity contribution in [3.8, 4) is 0 Å². The van der Waals surface area contributed by atoms with Crippen molar-refractivity contribution in [1.29, 1.82) is 0 Å². The summed E-state index contributed by atoms with van der Waals surface area (Å²) in [5.41, 5.74) is 4.61. The highest BCUT2D eigenvalue weighted by atomic mass is 16.4. The van der Waals surface area contributed by atoms with Crippen LogP contribution in [0.5, 0.6) is 0 Å². The summed E-state index contributed by atoms with van der Waals surface area (Å²) in [5, 5.41) is 13.9. The Morgan fingerprint density at radius 1 is 1.27 bits per heavy atom. The van der Waals surface area contributed by atoms with E-state index in [-0.39, 0.29) is 5.92 Å².